The lowest BCUT2D eigenvalue weighted by molar-refractivity contribution is -0.402. The number of nitro groups is 1. The molecule has 0 fully saturated rings. The van der Waals surface area contributed by atoms with Gasteiger partial charge in [0, 0.05) is 6.54 Å². The Morgan fingerprint density at radius 1 is 1.58 bits per heavy atom. The van der Waals surface area contributed by atoms with Crippen molar-refractivity contribution in [2.24, 2.45) is 5.73 Å². The molecule has 1 atom stereocenters. The van der Waals surface area contributed by atoms with Crippen LogP contribution in [0.4, 0.5) is 10.7 Å². The highest BCUT2D eigenvalue weighted by Crippen LogP contribution is 2.21. The SMILES string of the molecule is CC(C)(C)OC(=O)NC(CN)c1ccc([N+](=O)[O-])o1. The standard InChI is InChI=1S/C11H17N3O5/c1-11(2,3)19-10(15)13-7(6-12)8-4-5-9(18-8)14(16)17/h4-5,7H,6,12H2,1-3H3,(H,13,15). The number of furan rings is 1. The Bertz CT molecular complexity index is 463. The van der Waals surface area contributed by atoms with Crippen LogP contribution >= 0.6 is 0 Å². The van der Waals surface area contributed by atoms with Gasteiger partial charge in [0.15, 0.2) is 0 Å². The van der Waals surface area contributed by atoms with E-state index in [-0.39, 0.29) is 12.3 Å². The minimum Gasteiger partial charge on any atom is -0.444 e. The number of nitrogens with one attached hydrogen (secondary N) is 1. The Morgan fingerprint density at radius 3 is 2.63 bits per heavy atom. The third-order valence-electron chi connectivity index (χ3n) is 2.06. The lowest BCUT2D eigenvalue weighted by Gasteiger charge is -2.22. The second kappa shape index (κ2) is 5.70. The molecule has 8 nitrogen and oxygen atoms in total. The Balaban J connectivity index is 2.72. The first kappa shape index (κ1) is 15.0. The number of amides is 1. The summed E-state index contributed by atoms with van der Waals surface area (Å²) in [6.07, 6.45) is -0.665. The number of carbonyl (C=O) groups excluding carboxylic acids is 1. The number of ether oxygens (including phenoxy) is 1. The smallest absolute Gasteiger partial charge is 0.433 e. The van der Waals surface area contributed by atoms with Crippen LogP contribution in [0.25, 0.3) is 0 Å². The van der Waals surface area contributed by atoms with Gasteiger partial charge in [-0.25, -0.2) is 4.79 Å². The number of hydrogen-bond acceptors (Lipinski definition) is 6. The fourth-order valence-corrected chi connectivity index (χ4v) is 1.32. The van der Waals surface area contributed by atoms with Gasteiger partial charge < -0.3 is 20.2 Å². The van der Waals surface area contributed by atoms with Gasteiger partial charge in [0.25, 0.3) is 0 Å². The van der Waals surface area contributed by atoms with E-state index in [4.69, 9.17) is 14.9 Å². The summed E-state index contributed by atoms with van der Waals surface area (Å²) < 4.78 is 10.0. The molecule has 0 saturated heterocycles. The molecule has 0 bridgehead atoms. The van der Waals surface area contributed by atoms with Gasteiger partial charge >= 0.3 is 12.0 Å². The molecule has 0 spiro atoms. The molecule has 1 aromatic rings. The monoisotopic (exact) mass is 271 g/mol. The minimum absolute atomic E-state index is 0.0317. The summed E-state index contributed by atoms with van der Waals surface area (Å²) in [5.74, 6) is -0.195. The average Bonchev–Trinajstić information content (AvgIpc) is 2.72. The van der Waals surface area contributed by atoms with Gasteiger partial charge in [-0.05, 0) is 26.8 Å². The quantitative estimate of drug-likeness (QED) is 0.635. The van der Waals surface area contributed by atoms with E-state index in [0.29, 0.717) is 0 Å². The maximum Gasteiger partial charge on any atom is 0.433 e. The van der Waals surface area contributed by atoms with Gasteiger partial charge in [-0.1, -0.05) is 0 Å². The van der Waals surface area contributed by atoms with Crippen LogP contribution in [0.5, 0.6) is 0 Å². The first-order valence-electron chi connectivity index (χ1n) is 5.66. The van der Waals surface area contributed by atoms with Crippen molar-refractivity contribution in [2.45, 2.75) is 32.4 Å². The molecule has 3 N–H and O–H groups in total. The second-order valence-electron chi connectivity index (χ2n) is 4.87. The summed E-state index contributed by atoms with van der Waals surface area (Å²) in [5, 5.41) is 13.0. The van der Waals surface area contributed by atoms with Gasteiger partial charge in [0.2, 0.25) is 0 Å². The molecular weight excluding hydrogens is 254 g/mol. The molecule has 8 heteroatoms. The Kier molecular flexibility index (Phi) is 4.49. The van der Waals surface area contributed by atoms with Crippen molar-refractivity contribution >= 4 is 12.0 Å². The summed E-state index contributed by atoms with van der Waals surface area (Å²) in [7, 11) is 0. The molecule has 1 unspecified atom stereocenters. The van der Waals surface area contributed by atoms with Crippen molar-refractivity contribution < 1.29 is 18.9 Å². The number of carbonyl (C=O) groups is 1. The van der Waals surface area contributed by atoms with Crippen molar-refractivity contribution in [3.8, 4) is 0 Å². The Hall–Kier alpha value is -2.09. The minimum atomic E-state index is -0.677. The van der Waals surface area contributed by atoms with Gasteiger partial charge in [-0.15, -0.1) is 0 Å². The fraction of sp³-hybridized carbons (Fsp3) is 0.545. The highest BCUT2D eigenvalue weighted by atomic mass is 16.6. The summed E-state index contributed by atoms with van der Waals surface area (Å²) in [4.78, 5) is 21.4. The van der Waals surface area contributed by atoms with Gasteiger partial charge in [-0.2, -0.15) is 0 Å². The molecule has 0 aliphatic heterocycles. The molecule has 0 radical (unpaired) electrons. The van der Waals surface area contributed by atoms with Crippen molar-refractivity contribution in [3.63, 3.8) is 0 Å². The summed E-state index contributed by atoms with van der Waals surface area (Å²) in [6, 6.07) is 1.92. The fourth-order valence-electron chi connectivity index (χ4n) is 1.32. The van der Waals surface area contributed by atoms with Crippen molar-refractivity contribution in [2.75, 3.05) is 6.54 Å². The highest BCUT2D eigenvalue weighted by molar-refractivity contribution is 5.68. The molecule has 1 rings (SSSR count). The Morgan fingerprint density at radius 2 is 2.21 bits per heavy atom. The van der Waals surface area contributed by atoms with E-state index in [1.54, 1.807) is 20.8 Å². The van der Waals surface area contributed by atoms with Crippen LogP contribution in [0.15, 0.2) is 16.5 Å². The molecule has 0 aliphatic rings. The lowest BCUT2D eigenvalue weighted by atomic mass is 10.2. The molecule has 19 heavy (non-hydrogen) atoms. The molecule has 1 amide bonds. The van der Waals surface area contributed by atoms with Crippen LogP contribution in [-0.2, 0) is 4.74 Å². The molecule has 106 valence electrons. The number of rotatable bonds is 4. The highest BCUT2D eigenvalue weighted by Gasteiger charge is 2.23. The zero-order chi connectivity index (χ0) is 14.6. The second-order valence-corrected chi connectivity index (χ2v) is 4.87. The number of nitrogens with zero attached hydrogens (tertiary/aromatic N) is 1. The van der Waals surface area contributed by atoms with E-state index in [1.807, 2.05) is 0 Å². The lowest BCUT2D eigenvalue weighted by Crippen LogP contribution is -2.37. The Labute approximate surface area is 110 Å². The molecule has 0 aliphatic carbocycles. The zero-order valence-corrected chi connectivity index (χ0v) is 11.0. The third-order valence-corrected chi connectivity index (χ3v) is 2.06. The molecular formula is C11H17N3O5. The van der Waals surface area contributed by atoms with E-state index in [9.17, 15) is 14.9 Å². The van der Waals surface area contributed by atoms with Gasteiger partial charge in [-0.3, -0.25) is 10.1 Å². The van der Waals surface area contributed by atoms with E-state index in [1.165, 1.54) is 12.1 Å². The third kappa shape index (κ3) is 4.59. The van der Waals surface area contributed by atoms with Crippen LogP contribution in [0.3, 0.4) is 0 Å². The number of alkyl carbamates (subject to hydrolysis) is 1. The van der Waals surface area contributed by atoms with E-state index < -0.39 is 28.5 Å². The maximum atomic E-state index is 11.6. The van der Waals surface area contributed by atoms with Crippen LogP contribution in [0.2, 0.25) is 0 Å². The first-order valence-corrected chi connectivity index (χ1v) is 5.66. The molecule has 0 saturated carbocycles. The number of hydrogen-bond donors (Lipinski definition) is 2. The predicted molar refractivity (Wildman–Crippen MR) is 66.5 cm³/mol. The van der Waals surface area contributed by atoms with Crippen LogP contribution in [0, 0.1) is 10.1 Å². The topological polar surface area (TPSA) is 121 Å². The molecule has 1 aromatic heterocycles. The summed E-state index contributed by atoms with van der Waals surface area (Å²) in [5.41, 5.74) is 4.86. The molecule has 0 aromatic carbocycles. The van der Waals surface area contributed by atoms with E-state index >= 15 is 0 Å². The van der Waals surface area contributed by atoms with Crippen molar-refractivity contribution in [3.05, 3.63) is 28.0 Å². The van der Waals surface area contributed by atoms with Gasteiger partial charge in [0.1, 0.15) is 22.3 Å². The summed E-state index contributed by atoms with van der Waals surface area (Å²) >= 11 is 0. The largest absolute Gasteiger partial charge is 0.444 e. The average molecular weight is 271 g/mol. The van der Waals surface area contributed by atoms with Gasteiger partial charge in [0.05, 0.1) is 6.07 Å². The normalized spacial score (nSPS) is 12.8. The van der Waals surface area contributed by atoms with Crippen LogP contribution in [0.1, 0.15) is 32.6 Å². The van der Waals surface area contributed by atoms with E-state index in [0.717, 1.165) is 0 Å². The van der Waals surface area contributed by atoms with Crippen molar-refractivity contribution in [1.82, 2.24) is 5.32 Å². The first-order chi connectivity index (χ1) is 8.73. The van der Waals surface area contributed by atoms with Crippen molar-refractivity contribution in [1.29, 1.82) is 0 Å². The predicted octanol–water partition coefficient (Wildman–Crippen LogP) is 1.71. The maximum absolute atomic E-state index is 11.6. The summed E-state index contributed by atoms with van der Waals surface area (Å²) in [6.45, 7) is 5.20. The van der Waals surface area contributed by atoms with Crippen LogP contribution < -0.4 is 11.1 Å². The van der Waals surface area contributed by atoms with Crippen LogP contribution in [-0.4, -0.2) is 23.2 Å². The zero-order valence-electron chi connectivity index (χ0n) is 11.0. The molecule has 1 heterocycles. The van der Waals surface area contributed by atoms with E-state index in [2.05, 4.69) is 5.32 Å². The number of nitrogens with two attached hydrogens (primary N) is 1.